The third-order valence-electron chi connectivity index (χ3n) is 4.74. The number of tetrazole rings is 1. The number of benzene rings is 3. The van der Waals surface area contributed by atoms with Crippen LogP contribution in [0, 0.1) is 0 Å². The first kappa shape index (κ1) is 21.1. The summed E-state index contributed by atoms with van der Waals surface area (Å²) in [6, 6.07) is 24.5. The van der Waals surface area contributed by atoms with E-state index in [9.17, 15) is 4.79 Å². The normalized spacial score (nSPS) is 11.8. The minimum absolute atomic E-state index is 0.154. The second kappa shape index (κ2) is 9.76. The number of nitrogens with zero attached hydrogens (tertiary/aromatic N) is 4. The van der Waals surface area contributed by atoms with Crippen LogP contribution in [0.4, 0.5) is 0 Å². The summed E-state index contributed by atoms with van der Waals surface area (Å²) in [5.74, 6) is 1.07. The summed E-state index contributed by atoms with van der Waals surface area (Å²) in [6.07, 6.45) is 0. The van der Waals surface area contributed by atoms with Gasteiger partial charge in [-0.1, -0.05) is 60.1 Å². The van der Waals surface area contributed by atoms with Gasteiger partial charge in [-0.05, 0) is 53.2 Å². The van der Waals surface area contributed by atoms with Gasteiger partial charge in [0.25, 0.3) is 5.91 Å². The first-order valence-electron chi connectivity index (χ1n) is 9.73. The maximum absolute atomic E-state index is 13.0. The maximum Gasteiger partial charge on any atom is 0.252 e. The molecule has 1 aromatic heterocycles. The van der Waals surface area contributed by atoms with Gasteiger partial charge in [0, 0.05) is 9.92 Å². The number of thioether (sulfide) groups is 1. The zero-order chi connectivity index (χ0) is 21.6. The minimum Gasteiger partial charge on any atom is -0.345 e. The van der Waals surface area contributed by atoms with E-state index in [0.717, 1.165) is 16.1 Å². The van der Waals surface area contributed by atoms with Gasteiger partial charge in [-0.25, -0.2) is 0 Å². The van der Waals surface area contributed by atoms with Gasteiger partial charge in [-0.15, -0.1) is 16.9 Å². The zero-order valence-corrected chi connectivity index (χ0v) is 18.3. The van der Waals surface area contributed by atoms with Crippen LogP contribution in [0.25, 0.3) is 5.69 Å². The fourth-order valence-corrected chi connectivity index (χ4v) is 4.42. The van der Waals surface area contributed by atoms with E-state index in [1.54, 1.807) is 4.68 Å². The summed E-state index contributed by atoms with van der Waals surface area (Å²) in [5.41, 5.74) is 2.37. The highest BCUT2D eigenvalue weighted by Crippen LogP contribution is 2.28. The summed E-state index contributed by atoms with van der Waals surface area (Å²) >= 11 is 7.79. The average Bonchev–Trinajstić information content (AvgIpc) is 3.27. The molecule has 1 atom stereocenters. The summed E-state index contributed by atoms with van der Waals surface area (Å²) < 4.78 is 1.70. The van der Waals surface area contributed by atoms with E-state index < -0.39 is 0 Å². The molecule has 0 unspecified atom stereocenters. The summed E-state index contributed by atoms with van der Waals surface area (Å²) in [7, 11) is 0. The second-order valence-electron chi connectivity index (χ2n) is 6.84. The molecule has 3 aromatic carbocycles. The minimum atomic E-state index is -0.218. The monoisotopic (exact) mass is 449 g/mol. The lowest BCUT2D eigenvalue weighted by atomic mass is 10.1. The average molecular weight is 450 g/mol. The standard InChI is InChI=1S/C23H20ClN5OS/c1-16(18-11-5-7-13-20(18)24)25-23(30)19-12-6-8-14-21(19)31-15-22-26-27-28-29(22)17-9-3-2-4-10-17/h2-14,16H,15H2,1H3,(H,25,30)/t16-/m1/s1. The number of nitrogens with one attached hydrogen (secondary N) is 1. The van der Waals surface area contributed by atoms with Gasteiger partial charge >= 0.3 is 0 Å². The Morgan fingerprint density at radius 1 is 1.03 bits per heavy atom. The highest BCUT2D eigenvalue weighted by Gasteiger charge is 2.17. The van der Waals surface area contributed by atoms with Crippen molar-refractivity contribution in [1.29, 1.82) is 0 Å². The molecule has 4 rings (SSSR count). The third-order valence-corrected chi connectivity index (χ3v) is 6.16. The topological polar surface area (TPSA) is 72.7 Å². The fourth-order valence-electron chi connectivity index (χ4n) is 3.17. The third kappa shape index (κ3) is 4.95. The first-order valence-corrected chi connectivity index (χ1v) is 11.1. The summed E-state index contributed by atoms with van der Waals surface area (Å²) in [5, 5.41) is 15.7. The van der Waals surface area contributed by atoms with E-state index in [2.05, 4.69) is 20.8 Å². The Kier molecular flexibility index (Phi) is 6.64. The molecule has 0 fully saturated rings. The zero-order valence-electron chi connectivity index (χ0n) is 16.8. The van der Waals surface area contributed by atoms with Crippen molar-refractivity contribution in [2.75, 3.05) is 0 Å². The van der Waals surface area contributed by atoms with Gasteiger partial charge in [0.05, 0.1) is 23.0 Å². The molecule has 0 aliphatic heterocycles. The molecule has 31 heavy (non-hydrogen) atoms. The Hall–Kier alpha value is -3.16. The van der Waals surface area contributed by atoms with Crippen LogP contribution in [0.15, 0.2) is 83.8 Å². The van der Waals surface area contributed by atoms with Crippen LogP contribution in [0.3, 0.4) is 0 Å². The van der Waals surface area contributed by atoms with Crippen molar-refractivity contribution in [3.8, 4) is 5.69 Å². The van der Waals surface area contributed by atoms with Crippen LogP contribution in [-0.4, -0.2) is 26.1 Å². The van der Waals surface area contributed by atoms with E-state index in [-0.39, 0.29) is 11.9 Å². The Balaban J connectivity index is 1.49. The number of carbonyl (C=O) groups is 1. The van der Waals surface area contributed by atoms with Crippen LogP contribution in [0.1, 0.15) is 34.7 Å². The Bertz CT molecular complexity index is 1180. The van der Waals surface area contributed by atoms with Crippen molar-refractivity contribution in [3.63, 3.8) is 0 Å². The van der Waals surface area contributed by atoms with E-state index >= 15 is 0 Å². The van der Waals surface area contributed by atoms with Crippen LogP contribution in [0.2, 0.25) is 5.02 Å². The number of para-hydroxylation sites is 1. The number of aromatic nitrogens is 4. The highest BCUT2D eigenvalue weighted by molar-refractivity contribution is 7.98. The Morgan fingerprint density at radius 3 is 2.55 bits per heavy atom. The molecular weight excluding hydrogens is 430 g/mol. The smallest absolute Gasteiger partial charge is 0.252 e. The van der Waals surface area contributed by atoms with Crippen LogP contribution in [0.5, 0.6) is 0 Å². The molecule has 1 heterocycles. The number of hydrogen-bond donors (Lipinski definition) is 1. The summed E-state index contributed by atoms with van der Waals surface area (Å²) in [6.45, 7) is 1.92. The lowest BCUT2D eigenvalue weighted by molar-refractivity contribution is 0.0937. The number of hydrogen-bond acceptors (Lipinski definition) is 5. The fraction of sp³-hybridized carbons (Fsp3) is 0.130. The quantitative estimate of drug-likeness (QED) is 0.397. The largest absolute Gasteiger partial charge is 0.345 e. The van der Waals surface area contributed by atoms with E-state index in [1.165, 1.54) is 11.8 Å². The number of rotatable bonds is 7. The molecular formula is C23H20ClN5OS. The Morgan fingerprint density at radius 2 is 1.74 bits per heavy atom. The molecule has 6 nitrogen and oxygen atoms in total. The van der Waals surface area contributed by atoms with Crippen molar-refractivity contribution in [2.45, 2.75) is 23.6 Å². The van der Waals surface area contributed by atoms with Gasteiger partial charge in [0.1, 0.15) is 0 Å². The van der Waals surface area contributed by atoms with Crippen molar-refractivity contribution < 1.29 is 4.79 Å². The van der Waals surface area contributed by atoms with Gasteiger partial charge < -0.3 is 5.32 Å². The predicted molar refractivity (Wildman–Crippen MR) is 122 cm³/mol. The highest BCUT2D eigenvalue weighted by atomic mass is 35.5. The van der Waals surface area contributed by atoms with Gasteiger partial charge in [-0.3, -0.25) is 4.79 Å². The van der Waals surface area contributed by atoms with Crippen molar-refractivity contribution >= 4 is 29.3 Å². The molecule has 8 heteroatoms. The van der Waals surface area contributed by atoms with Crippen molar-refractivity contribution in [2.24, 2.45) is 0 Å². The molecule has 0 bridgehead atoms. The van der Waals surface area contributed by atoms with Gasteiger partial charge in [0.2, 0.25) is 0 Å². The molecule has 0 aliphatic carbocycles. The predicted octanol–water partition coefficient (Wildman–Crippen LogP) is 5.10. The molecule has 0 aliphatic rings. The lowest BCUT2D eigenvalue weighted by Crippen LogP contribution is -2.27. The van der Waals surface area contributed by atoms with E-state index in [4.69, 9.17) is 11.6 Å². The van der Waals surface area contributed by atoms with Crippen molar-refractivity contribution in [3.05, 3.63) is 101 Å². The lowest BCUT2D eigenvalue weighted by Gasteiger charge is -2.17. The number of amides is 1. The van der Waals surface area contributed by atoms with Crippen LogP contribution >= 0.6 is 23.4 Å². The van der Waals surface area contributed by atoms with Crippen LogP contribution < -0.4 is 5.32 Å². The van der Waals surface area contributed by atoms with Crippen LogP contribution in [-0.2, 0) is 5.75 Å². The maximum atomic E-state index is 13.0. The summed E-state index contributed by atoms with van der Waals surface area (Å²) in [4.78, 5) is 13.9. The van der Waals surface area contributed by atoms with Gasteiger partial charge in [-0.2, -0.15) is 4.68 Å². The molecule has 156 valence electrons. The molecule has 0 saturated heterocycles. The van der Waals surface area contributed by atoms with E-state index in [1.807, 2.05) is 85.8 Å². The van der Waals surface area contributed by atoms with Crippen molar-refractivity contribution in [1.82, 2.24) is 25.5 Å². The molecule has 4 aromatic rings. The number of carbonyl (C=O) groups excluding carboxylic acids is 1. The molecule has 1 amide bonds. The van der Waals surface area contributed by atoms with E-state index in [0.29, 0.717) is 22.2 Å². The van der Waals surface area contributed by atoms with Gasteiger partial charge in [0.15, 0.2) is 5.82 Å². The molecule has 1 N–H and O–H groups in total. The number of halogens is 1. The second-order valence-corrected chi connectivity index (χ2v) is 8.27. The first-order chi connectivity index (χ1) is 15.1. The molecule has 0 radical (unpaired) electrons. The molecule has 0 saturated carbocycles. The SMILES string of the molecule is C[C@@H](NC(=O)c1ccccc1SCc1nnnn1-c1ccccc1)c1ccccc1Cl. The molecule has 0 spiro atoms. The Labute approximate surface area is 189 Å².